The summed E-state index contributed by atoms with van der Waals surface area (Å²) in [6.07, 6.45) is 6.15. The molecule has 114 valence electrons. The largest absolute Gasteiger partial charge is 0.379 e. The van der Waals surface area contributed by atoms with Gasteiger partial charge in [-0.2, -0.15) is 0 Å². The maximum Gasteiger partial charge on any atom is 0.315 e. The van der Waals surface area contributed by atoms with Crippen molar-refractivity contribution < 1.29 is 4.92 Å². The van der Waals surface area contributed by atoms with Crippen LogP contribution in [-0.2, 0) is 0 Å². The summed E-state index contributed by atoms with van der Waals surface area (Å²) in [4.78, 5) is 11.1. The fraction of sp³-hybridized carbons (Fsp3) is 0.625. The van der Waals surface area contributed by atoms with Crippen molar-refractivity contribution in [2.75, 3.05) is 23.7 Å². The van der Waals surface area contributed by atoms with Gasteiger partial charge in [0, 0.05) is 13.1 Å². The third kappa shape index (κ3) is 2.96. The van der Waals surface area contributed by atoms with E-state index >= 15 is 0 Å². The van der Waals surface area contributed by atoms with Crippen molar-refractivity contribution >= 4 is 17.1 Å². The number of nitro groups is 1. The molecule has 1 aromatic rings. The van der Waals surface area contributed by atoms with E-state index in [1.807, 2.05) is 19.1 Å². The van der Waals surface area contributed by atoms with Gasteiger partial charge in [-0.1, -0.05) is 13.0 Å². The average Bonchev–Trinajstić information content (AvgIpc) is 3.35. The molecule has 1 aromatic carbocycles. The summed E-state index contributed by atoms with van der Waals surface area (Å²) >= 11 is 0. The van der Waals surface area contributed by atoms with Crippen LogP contribution in [0.25, 0.3) is 0 Å². The molecule has 2 aliphatic carbocycles. The number of para-hydroxylation sites is 1. The highest BCUT2D eigenvalue weighted by Crippen LogP contribution is 2.61. The number of nitro benzene ring substituents is 1. The topological polar surface area (TPSA) is 67.2 Å². The minimum absolute atomic E-state index is 0.178. The molecule has 2 fully saturated rings. The van der Waals surface area contributed by atoms with Crippen LogP contribution in [0, 0.1) is 21.4 Å². The monoisotopic (exact) mass is 289 g/mol. The van der Waals surface area contributed by atoms with Gasteiger partial charge in [0.25, 0.3) is 0 Å². The van der Waals surface area contributed by atoms with Gasteiger partial charge in [-0.15, -0.1) is 0 Å². The highest BCUT2D eigenvalue weighted by molar-refractivity contribution is 5.76. The van der Waals surface area contributed by atoms with Crippen molar-refractivity contribution in [3.8, 4) is 0 Å². The Balaban J connectivity index is 1.75. The van der Waals surface area contributed by atoms with E-state index in [0.29, 0.717) is 16.8 Å². The SMILES string of the molecule is CCCNc1cccc(NCC2(C3CC3)CC2)c1[N+](=O)[O-]. The van der Waals surface area contributed by atoms with E-state index < -0.39 is 0 Å². The summed E-state index contributed by atoms with van der Waals surface area (Å²) in [6.45, 7) is 3.67. The Morgan fingerprint density at radius 1 is 1.29 bits per heavy atom. The van der Waals surface area contributed by atoms with Crippen molar-refractivity contribution in [1.29, 1.82) is 0 Å². The summed E-state index contributed by atoms with van der Waals surface area (Å²) in [5.74, 6) is 0.852. The first-order chi connectivity index (χ1) is 10.2. The molecule has 0 spiro atoms. The Labute approximate surface area is 125 Å². The smallest absolute Gasteiger partial charge is 0.315 e. The van der Waals surface area contributed by atoms with Crippen LogP contribution in [0.2, 0.25) is 0 Å². The predicted octanol–water partition coefficient (Wildman–Crippen LogP) is 4.02. The van der Waals surface area contributed by atoms with Gasteiger partial charge in [-0.25, -0.2) is 0 Å². The number of hydrogen-bond donors (Lipinski definition) is 2. The molecule has 3 rings (SSSR count). The minimum Gasteiger partial charge on any atom is -0.379 e. The molecule has 0 bridgehead atoms. The number of anilines is 2. The van der Waals surface area contributed by atoms with Crippen LogP contribution in [0.1, 0.15) is 39.0 Å². The zero-order chi connectivity index (χ0) is 14.9. The molecule has 0 radical (unpaired) electrons. The van der Waals surface area contributed by atoms with E-state index in [2.05, 4.69) is 10.6 Å². The molecule has 5 nitrogen and oxygen atoms in total. The third-order valence-electron chi connectivity index (χ3n) is 4.75. The standard InChI is InChI=1S/C16H23N3O2/c1-2-10-17-13-4-3-5-14(15(13)19(20)21)18-11-16(8-9-16)12-6-7-12/h3-5,12,17-18H,2,6-11H2,1H3. The first-order valence-electron chi connectivity index (χ1n) is 7.91. The van der Waals surface area contributed by atoms with Crippen molar-refractivity contribution in [2.45, 2.75) is 39.0 Å². The van der Waals surface area contributed by atoms with Gasteiger partial charge in [0.05, 0.1) is 4.92 Å². The lowest BCUT2D eigenvalue weighted by atomic mass is 10.0. The Kier molecular flexibility index (Phi) is 3.74. The van der Waals surface area contributed by atoms with E-state index in [1.54, 1.807) is 6.07 Å². The average molecular weight is 289 g/mol. The lowest BCUT2D eigenvalue weighted by molar-refractivity contribution is -0.383. The molecular formula is C16H23N3O2. The summed E-state index contributed by atoms with van der Waals surface area (Å²) in [7, 11) is 0. The number of nitrogens with zero attached hydrogens (tertiary/aromatic N) is 1. The van der Waals surface area contributed by atoms with E-state index in [9.17, 15) is 10.1 Å². The summed E-state index contributed by atoms with van der Waals surface area (Å²) in [5.41, 5.74) is 1.87. The summed E-state index contributed by atoms with van der Waals surface area (Å²) < 4.78 is 0. The van der Waals surface area contributed by atoms with Gasteiger partial charge in [-0.3, -0.25) is 10.1 Å². The molecule has 0 atom stereocenters. The van der Waals surface area contributed by atoms with Crippen LogP contribution in [0.4, 0.5) is 17.1 Å². The Bertz CT molecular complexity index is 536. The molecular weight excluding hydrogens is 266 g/mol. The van der Waals surface area contributed by atoms with E-state index in [-0.39, 0.29) is 10.6 Å². The molecule has 2 N–H and O–H groups in total. The summed E-state index contributed by atoms with van der Waals surface area (Å²) in [6, 6.07) is 5.48. The van der Waals surface area contributed by atoms with Crippen molar-refractivity contribution in [2.24, 2.45) is 11.3 Å². The van der Waals surface area contributed by atoms with Gasteiger partial charge in [0.2, 0.25) is 0 Å². The first-order valence-corrected chi connectivity index (χ1v) is 7.91. The van der Waals surface area contributed by atoms with Gasteiger partial charge in [0.15, 0.2) is 0 Å². The van der Waals surface area contributed by atoms with E-state index in [1.165, 1.54) is 25.7 Å². The number of nitrogens with one attached hydrogen (secondary N) is 2. The van der Waals surface area contributed by atoms with Crippen LogP contribution in [0.3, 0.4) is 0 Å². The molecule has 0 saturated heterocycles. The zero-order valence-electron chi connectivity index (χ0n) is 12.5. The minimum atomic E-state index is -0.281. The second-order valence-corrected chi connectivity index (χ2v) is 6.38. The second-order valence-electron chi connectivity index (χ2n) is 6.38. The maximum atomic E-state index is 11.4. The van der Waals surface area contributed by atoms with Gasteiger partial charge >= 0.3 is 5.69 Å². The molecule has 0 unspecified atom stereocenters. The van der Waals surface area contributed by atoms with Crippen LogP contribution < -0.4 is 10.6 Å². The first kappa shape index (κ1) is 14.2. The number of rotatable bonds is 8. The van der Waals surface area contributed by atoms with Crippen molar-refractivity contribution in [3.05, 3.63) is 28.3 Å². The molecule has 0 heterocycles. The Morgan fingerprint density at radius 3 is 2.48 bits per heavy atom. The maximum absolute atomic E-state index is 11.4. The second kappa shape index (κ2) is 5.54. The van der Waals surface area contributed by atoms with Crippen LogP contribution in [-0.4, -0.2) is 18.0 Å². The fourth-order valence-corrected chi connectivity index (χ4v) is 3.14. The normalized spacial score (nSPS) is 19.1. The Morgan fingerprint density at radius 2 is 1.95 bits per heavy atom. The Hall–Kier alpha value is -1.78. The van der Waals surface area contributed by atoms with Gasteiger partial charge < -0.3 is 10.6 Å². The zero-order valence-corrected chi connectivity index (χ0v) is 12.5. The van der Waals surface area contributed by atoms with Gasteiger partial charge in [0.1, 0.15) is 11.4 Å². The molecule has 0 aliphatic heterocycles. The predicted molar refractivity (Wildman–Crippen MR) is 84.8 cm³/mol. The number of benzene rings is 1. The molecule has 21 heavy (non-hydrogen) atoms. The summed E-state index contributed by atoms with van der Waals surface area (Å²) in [5, 5.41) is 17.9. The third-order valence-corrected chi connectivity index (χ3v) is 4.75. The fourth-order valence-electron chi connectivity index (χ4n) is 3.14. The molecule has 5 heteroatoms. The lowest BCUT2D eigenvalue weighted by Crippen LogP contribution is -2.18. The highest BCUT2D eigenvalue weighted by Gasteiger charge is 2.53. The number of hydrogen-bond acceptors (Lipinski definition) is 4. The van der Waals surface area contributed by atoms with Crippen LogP contribution in [0.5, 0.6) is 0 Å². The van der Waals surface area contributed by atoms with Gasteiger partial charge in [-0.05, 0) is 55.6 Å². The van der Waals surface area contributed by atoms with Crippen LogP contribution in [0.15, 0.2) is 18.2 Å². The molecule has 2 saturated carbocycles. The van der Waals surface area contributed by atoms with Crippen LogP contribution >= 0.6 is 0 Å². The lowest BCUT2D eigenvalue weighted by Gasteiger charge is -2.17. The van der Waals surface area contributed by atoms with Crippen molar-refractivity contribution in [1.82, 2.24) is 0 Å². The molecule has 0 amide bonds. The van der Waals surface area contributed by atoms with E-state index in [0.717, 1.165) is 25.4 Å². The van der Waals surface area contributed by atoms with Crippen molar-refractivity contribution in [3.63, 3.8) is 0 Å². The highest BCUT2D eigenvalue weighted by atomic mass is 16.6. The molecule has 2 aliphatic rings. The quantitative estimate of drug-likeness (QED) is 0.560. The van der Waals surface area contributed by atoms with E-state index in [4.69, 9.17) is 0 Å². The molecule has 0 aromatic heterocycles.